The molecule has 0 aliphatic carbocycles. The molecule has 0 aromatic rings. The van der Waals surface area contributed by atoms with Crippen molar-refractivity contribution >= 4 is 5.97 Å². The zero-order chi connectivity index (χ0) is 7.56. The van der Waals surface area contributed by atoms with Gasteiger partial charge in [-0.25, -0.2) is 4.79 Å². The van der Waals surface area contributed by atoms with Gasteiger partial charge in [0.2, 0.25) is 0 Å². The number of aliphatic hydroxyl groups excluding tert-OH is 1. The van der Waals surface area contributed by atoms with E-state index in [9.17, 15) is 4.79 Å². The van der Waals surface area contributed by atoms with Crippen LogP contribution in [0.2, 0.25) is 0 Å². The number of carbonyl (C=O) groups excluding carboxylic acids is 1. The van der Waals surface area contributed by atoms with Crippen LogP contribution >= 0.6 is 0 Å². The number of methoxy groups -OCH3 is 1. The molecule has 0 bridgehead atoms. The van der Waals surface area contributed by atoms with E-state index in [1.54, 1.807) is 5.32 Å². The van der Waals surface area contributed by atoms with Gasteiger partial charge in [0.25, 0.3) is 0 Å². The van der Waals surface area contributed by atoms with Gasteiger partial charge in [0, 0.05) is 6.42 Å². The fraction of sp³-hybridized carbons (Fsp3) is 0.833. The molecule has 0 saturated carbocycles. The van der Waals surface area contributed by atoms with Crippen LogP contribution in [0.4, 0.5) is 0 Å². The van der Waals surface area contributed by atoms with E-state index in [0.29, 0.717) is 13.0 Å². The normalized spacial score (nSPS) is 32.2. The lowest BCUT2D eigenvalue weighted by Crippen LogP contribution is -2.89. The van der Waals surface area contributed by atoms with Crippen LogP contribution in [-0.2, 0) is 9.53 Å². The lowest BCUT2D eigenvalue weighted by atomic mass is 10.2. The van der Waals surface area contributed by atoms with Gasteiger partial charge in [-0.15, -0.1) is 0 Å². The second kappa shape index (κ2) is 2.98. The van der Waals surface area contributed by atoms with Crippen LogP contribution in [0.15, 0.2) is 0 Å². The minimum absolute atomic E-state index is 0.181. The van der Waals surface area contributed by atoms with Gasteiger partial charge < -0.3 is 15.2 Å². The SMILES string of the molecule is COC(=O)[C@@H]1CC(O)C[NH2+]1. The summed E-state index contributed by atoms with van der Waals surface area (Å²) >= 11 is 0. The van der Waals surface area contributed by atoms with Crippen LogP contribution in [0.1, 0.15) is 6.42 Å². The number of rotatable bonds is 1. The molecule has 0 aromatic carbocycles. The first kappa shape index (κ1) is 7.50. The Balaban J connectivity index is 2.37. The van der Waals surface area contributed by atoms with E-state index >= 15 is 0 Å². The number of aliphatic hydroxyl groups is 1. The highest BCUT2D eigenvalue weighted by atomic mass is 16.5. The number of ether oxygens (including phenoxy) is 1. The van der Waals surface area contributed by atoms with E-state index in [2.05, 4.69) is 4.74 Å². The van der Waals surface area contributed by atoms with Gasteiger partial charge in [-0.05, 0) is 0 Å². The van der Waals surface area contributed by atoms with Crippen LogP contribution in [0.3, 0.4) is 0 Å². The number of hydrogen-bond donors (Lipinski definition) is 2. The smallest absolute Gasteiger partial charge is 0.364 e. The Kier molecular flexibility index (Phi) is 2.24. The van der Waals surface area contributed by atoms with Crippen molar-refractivity contribution in [2.45, 2.75) is 18.6 Å². The third kappa shape index (κ3) is 1.46. The highest BCUT2D eigenvalue weighted by Gasteiger charge is 2.32. The van der Waals surface area contributed by atoms with E-state index in [-0.39, 0.29) is 18.1 Å². The summed E-state index contributed by atoms with van der Waals surface area (Å²) in [6.45, 7) is 0.611. The van der Waals surface area contributed by atoms with Gasteiger partial charge in [-0.3, -0.25) is 0 Å². The maximum Gasteiger partial charge on any atom is 0.364 e. The molecule has 58 valence electrons. The Morgan fingerprint density at radius 1 is 1.80 bits per heavy atom. The molecule has 10 heavy (non-hydrogen) atoms. The molecule has 1 fully saturated rings. The zero-order valence-electron chi connectivity index (χ0n) is 5.91. The minimum Gasteiger partial charge on any atom is -0.465 e. The van der Waals surface area contributed by atoms with Crippen LogP contribution in [0, 0.1) is 0 Å². The van der Waals surface area contributed by atoms with Crippen molar-refractivity contribution in [1.82, 2.24) is 0 Å². The summed E-state index contributed by atoms with van der Waals surface area (Å²) in [6.07, 6.45) is 0.177. The van der Waals surface area contributed by atoms with Crippen molar-refractivity contribution in [1.29, 1.82) is 0 Å². The number of carbonyl (C=O) groups is 1. The molecule has 0 aromatic heterocycles. The summed E-state index contributed by atoms with van der Waals surface area (Å²) in [5.41, 5.74) is 0. The quantitative estimate of drug-likeness (QED) is 0.415. The van der Waals surface area contributed by atoms with Crippen LogP contribution < -0.4 is 5.32 Å². The lowest BCUT2D eigenvalue weighted by molar-refractivity contribution is -0.661. The van der Waals surface area contributed by atoms with Gasteiger partial charge in [0.05, 0.1) is 7.11 Å². The predicted molar refractivity (Wildman–Crippen MR) is 33.2 cm³/mol. The highest BCUT2D eigenvalue weighted by Crippen LogP contribution is 1.99. The third-order valence-electron chi connectivity index (χ3n) is 1.72. The Morgan fingerprint density at radius 3 is 2.90 bits per heavy atom. The largest absolute Gasteiger partial charge is 0.465 e. The number of esters is 1. The molecular formula is C6H12NO3+. The second-order valence-corrected chi connectivity index (χ2v) is 2.49. The van der Waals surface area contributed by atoms with E-state index in [4.69, 9.17) is 5.11 Å². The molecule has 0 radical (unpaired) electrons. The van der Waals surface area contributed by atoms with Crippen LogP contribution in [0.25, 0.3) is 0 Å². The maximum atomic E-state index is 10.8. The summed E-state index contributed by atoms with van der Waals surface area (Å²) in [7, 11) is 1.36. The van der Waals surface area contributed by atoms with E-state index in [0.717, 1.165) is 0 Å². The fourth-order valence-electron chi connectivity index (χ4n) is 1.15. The first-order valence-electron chi connectivity index (χ1n) is 3.33. The molecule has 1 heterocycles. The fourth-order valence-corrected chi connectivity index (χ4v) is 1.15. The summed E-state index contributed by atoms with van der Waals surface area (Å²) in [6, 6.07) is -0.181. The molecule has 2 atom stereocenters. The Morgan fingerprint density at radius 2 is 2.50 bits per heavy atom. The third-order valence-corrected chi connectivity index (χ3v) is 1.72. The van der Waals surface area contributed by atoms with Gasteiger partial charge in [0.15, 0.2) is 6.04 Å². The topological polar surface area (TPSA) is 63.1 Å². The number of hydrogen-bond acceptors (Lipinski definition) is 3. The van der Waals surface area contributed by atoms with E-state index in [1.807, 2.05) is 0 Å². The molecule has 1 aliphatic heterocycles. The average molecular weight is 146 g/mol. The molecule has 1 saturated heterocycles. The average Bonchev–Trinajstić information content (AvgIpc) is 2.34. The molecule has 3 N–H and O–H groups in total. The first-order valence-corrected chi connectivity index (χ1v) is 3.33. The zero-order valence-corrected chi connectivity index (χ0v) is 5.91. The van der Waals surface area contributed by atoms with E-state index < -0.39 is 0 Å². The van der Waals surface area contributed by atoms with Crippen LogP contribution in [-0.4, -0.2) is 36.9 Å². The first-order chi connectivity index (χ1) is 4.74. The van der Waals surface area contributed by atoms with Crippen molar-refractivity contribution in [2.75, 3.05) is 13.7 Å². The molecule has 4 heteroatoms. The standard InChI is InChI=1S/C6H11NO3/c1-10-6(9)5-2-4(8)3-7-5/h4-5,7-8H,2-3H2,1H3/p+1/t4?,5-/m0/s1. The molecule has 0 spiro atoms. The molecule has 1 rings (SSSR count). The van der Waals surface area contributed by atoms with Crippen molar-refractivity contribution < 1.29 is 20.0 Å². The number of quaternary nitrogens is 1. The lowest BCUT2D eigenvalue weighted by Gasteiger charge is -2.01. The van der Waals surface area contributed by atoms with Crippen molar-refractivity contribution in [3.05, 3.63) is 0 Å². The minimum atomic E-state index is -0.343. The van der Waals surface area contributed by atoms with Crippen molar-refractivity contribution in [3.8, 4) is 0 Å². The maximum absolute atomic E-state index is 10.8. The molecule has 1 unspecified atom stereocenters. The highest BCUT2D eigenvalue weighted by molar-refractivity contribution is 5.74. The van der Waals surface area contributed by atoms with Crippen LogP contribution in [0.5, 0.6) is 0 Å². The van der Waals surface area contributed by atoms with E-state index in [1.165, 1.54) is 7.11 Å². The summed E-state index contributed by atoms with van der Waals surface area (Å²) in [5.74, 6) is -0.239. The summed E-state index contributed by atoms with van der Waals surface area (Å²) in [5, 5.41) is 10.8. The Bertz CT molecular complexity index is 137. The second-order valence-electron chi connectivity index (χ2n) is 2.49. The summed E-state index contributed by atoms with van der Waals surface area (Å²) in [4.78, 5) is 10.8. The summed E-state index contributed by atoms with van der Waals surface area (Å²) < 4.78 is 4.50. The Labute approximate surface area is 59.2 Å². The van der Waals surface area contributed by atoms with Crippen molar-refractivity contribution in [3.63, 3.8) is 0 Å². The molecule has 0 amide bonds. The predicted octanol–water partition coefficient (Wildman–Crippen LogP) is -2.14. The van der Waals surface area contributed by atoms with Gasteiger partial charge in [-0.1, -0.05) is 0 Å². The van der Waals surface area contributed by atoms with Gasteiger partial charge in [0.1, 0.15) is 12.6 Å². The molecule has 4 nitrogen and oxygen atoms in total. The molecular weight excluding hydrogens is 134 g/mol. The van der Waals surface area contributed by atoms with Gasteiger partial charge >= 0.3 is 5.97 Å². The monoisotopic (exact) mass is 146 g/mol. The number of nitrogens with two attached hydrogens (primary N) is 1. The van der Waals surface area contributed by atoms with Crippen molar-refractivity contribution in [2.24, 2.45) is 0 Å². The Hall–Kier alpha value is -0.610. The van der Waals surface area contributed by atoms with Gasteiger partial charge in [-0.2, -0.15) is 0 Å². The molecule has 1 aliphatic rings.